The summed E-state index contributed by atoms with van der Waals surface area (Å²) in [5, 5.41) is 3.27. The third-order valence-corrected chi connectivity index (χ3v) is 3.66. The standard InChI is InChI=1S/C15H22N2O2/c1-11-4-5-14(8-12(11)2)19-10-15(18)17-7-6-16-9-13(17)3/h4-5,8,13,16H,6-7,9-10H2,1-3H3/t13-/m0/s1. The molecule has 0 saturated carbocycles. The highest BCUT2D eigenvalue weighted by molar-refractivity contribution is 5.78. The first-order valence-corrected chi connectivity index (χ1v) is 6.78. The Morgan fingerprint density at radius 2 is 2.21 bits per heavy atom. The molecule has 0 radical (unpaired) electrons. The first kappa shape index (κ1) is 13.9. The number of aryl methyl sites for hydroxylation is 2. The van der Waals surface area contributed by atoms with E-state index < -0.39 is 0 Å². The summed E-state index contributed by atoms with van der Waals surface area (Å²) in [4.78, 5) is 14.0. The summed E-state index contributed by atoms with van der Waals surface area (Å²) in [6, 6.07) is 6.15. The van der Waals surface area contributed by atoms with Crippen LogP contribution in [0.15, 0.2) is 18.2 Å². The van der Waals surface area contributed by atoms with Gasteiger partial charge in [0.1, 0.15) is 5.75 Å². The topological polar surface area (TPSA) is 41.6 Å². The number of nitrogens with zero attached hydrogens (tertiary/aromatic N) is 1. The predicted molar refractivity (Wildman–Crippen MR) is 75.5 cm³/mol. The number of rotatable bonds is 3. The van der Waals surface area contributed by atoms with Crippen LogP contribution in [-0.4, -0.2) is 43.1 Å². The molecule has 0 spiro atoms. The minimum atomic E-state index is 0.0622. The second-order valence-electron chi connectivity index (χ2n) is 5.18. The van der Waals surface area contributed by atoms with Gasteiger partial charge in [-0.1, -0.05) is 6.07 Å². The summed E-state index contributed by atoms with van der Waals surface area (Å²) < 4.78 is 5.59. The SMILES string of the molecule is Cc1ccc(OCC(=O)N2CCNC[C@@H]2C)cc1C. The van der Waals surface area contributed by atoms with Gasteiger partial charge in [0.2, 0.25) is 0 Å². The number of hydrogen-bond donors (Lipinski definition) is 1. The van der Waals surface area contributed by atoms with Crippen LogP contribution in [0.1, 0.15) is 18.1 Å². The van der Waals surface area contributed by atoms with E-state index in [-0.39, 0.29) is 18.6 Å². The maximum absolute atomic E-state index is 12.1. The summed E-state index contributed by atoms with van der Waals surface area (Å²) in [5.74, 6) is 0.825. The van der Waals surface area contributed by atoms with Crippen molar-refractivity contribution in [1.29, 1.82) is 0 Å². The van der Waals surface area contributed by atoms with Gasteiger partial charge in [0.15, 0.2) is 6.61 Å². The third kappa shape index (κ3) is 3.47. The molecule has 4 nitrogen and oxygen atoms in total. The third-order valence-electron chi connectivity index (χ3n) is 3.66. The monoisotopic (exact) mass is 262 g/mol. The lowest BCUT2D eigenvalue weighted by Crippen LogP contribution is -2.53. The van der Waals surface area contributed by atoms with Crippen molar-refractivity contribution in [3.8, 4) is 5.75 Å². The highest BCUT2D eigenvalue weighted by atomic mass is 16.5. The zero-order valence-corrected chi connectivity index (χ0v) is 11.9. The van der Waals surface area contributed by atoms with Crippen molar-refractivity contribution >= 4 is 5.91 Å². The molecule has 1 N–H and O–H groups in total. The van der Waals surface area contributed by atoms with Crippen molar-refractivity contribution in [2.45, 2.75) is 26.8 Å². The predicted octanol–water partition coefficient (Wildman–Crippen LogP) is 1.50. The van der Waals surface area contributed by atoms with Crippen LogP contribution >= 0.6 is 0 Å². The van der Waals surface area contributed by atoms with Crippen LogP contribution in [0.4, 0.5) is 0 Å². The second kappa shape index (κ2) is 6.06. The Kier molecular flexibility index (Phi) is 4.43. The van der Waals surface area contributed by atoms with Crippen LogP contribution in [0.2, 0.25) is 0 Å². The lowest BCUT2D eigenvalue weighted by molar-refractivity contribution is -0.136. The fourth-order valence-electron chi connectivity index (χ4n) is 2.24. The number of amides is 1. The number of carbonyl (C=O) groups excluding carboxylic acids is 1. The van der Waals surface area contributed by atoms with Crippen molar-refractivity contribution in [1.82, 2.24) is 10.2 Å². The van der Waals surface area contributed by atoms with Crippen molar-refractivity contribution in [3.05, 3.63) is 29.3 Å². The van der Waals surface area contributed by atoms with Gasteiger partial charge in [0.05, 0.1) is 0 Å². The summed E-state index contributed by atoms with van der Waals surface area (Å²) in [6.45, 7) is 8.76. The molecular formula is C15H22N2O2. The molecule has 1 amide bonds. The molecular weight excluding hydrogens is 240 g/mol. The lowest BCUT2D eigenvalue weighted by atomic mass is 10.1. The van der Waals surface area contributed by atoms with Crippen LogP contribution in [0.5, 0.6) is 5.75 Å². The molecule has 1 atom stereocenters. The molecule has 1 aliphatic rings. The highest BCUT2D eigenvalue weighted by Gasteiger charge is 2.22. The number of nitrogens with one attached hydrogen (secondary N) is 1. The Balaban J connectivity index is 1.90. The average Bonchev–Trinajstić information content (AvgIpc) is 2.40. The van der Waals surface area contributed by atoms with E-state index >= 15 is 0 Å². The number of benzene rings is 1. The van der Waals surface area contributed by atoms with Crippen LogP contribution < -0.4 is 10.1 Å². The van der Waals surface area contributed by atoms with Crippen molar-refractivity contribution in [2.75, 3.05) is 26.2 Å². The Morgan fingerprint density at radius 1 is 1.42 bits per heavy atom. The lowest BCUT2D eigenvalue weighted by Gasteiger charge is -2.33. The van der Waals surface area contributed by atoms with E-state index in [1.54, 1.807) is 0 Å². The van der Waals surface area contributed by atoms with Gasteiger partial charge in [-0.2, -0.15) is 0 Å². The first-order chi connectivity index (χ1) is 9.08. The fraction of sp³-hybridized carbons (Fsp3) is 0.533. The maximum Gasteiger partial charge on any atom is 0.260 e. The minimum absolute atomic E-state index is 0.0622. The van der Waals surface area contributed by atoms with Gasteiger partial charge in [-0.05, 0) is 44.0 Å². The van der Waals surface area contributed by atoms with E-state index in [1.807, 2.05) is 30.0 Å². The molecule has 104 valence electrons. The van der Waals surface area contributed by atoms with Crippen molar-refractivity contribution in [3.63, 3.8) is 0 Å². The van der Waals surface area contributed by atoms with Gasteiger partial charge in [0, 0.05) is 25.7 Å². The molecule has 1 aliphatic heterocycles. The van der Waals surface area contributed by atoms with Crippen molar-refractivity contribution in [2.24, 2.45) is 0 Å². The molecule has 1 heterocycles. The van der Waals surface area contributed by atoms with Gasteiger partial charge in [-0.25, -0.2) is 0 Å². The number of hydrogen-bond acceptors (Lipinski definition) is 3. The average molecular weight is 262 g/mol. The van der Waals surface area contributed by atoms with Crippen molar-refractivity contribution < 1.29 is 9.53 Å². The normalized spacial score (nSPS) is 19.3. The van der Waals surface area contributed by atoms with E-state index in [0.717, 1.165) is 25.4 Å². The second-order valence-corrected chi connectivity index (χ2v) is 5.18. The molecule has 1 fully saturated rings. The molecule has 19 heavy (non-hydrogen) atoms. The molecule has 0 aliphatic carbocycles. The zero-order chi connectivity index (χ0) is 13.8. The Hall–Kier alpha value is -1.55. The van der Waals surface area contributed by atoms with E-state index in [1.165, 1.54) is 11.1 Å². The molecule has 1 aromatic rings. The van der Waals surface area contributed by atoms with Gasteiger partial charge in [-0.15, -0.1) is 0 Å². The molecule has 1 aromatic carbocycles. The summed E-state index contributed by atoms with van der Waals surface area (Å²) in [6.07, 6.45) is 0. The molecule has 2 rings (SSSR count). The molecule has 0 unspecified atom stereocenters. The Bertz CT molecular complexity index is 459. The summed E-state index contributed by atoms with van der Waals surface area (Å²) in [5.41, 5.74) is 2.41. The number of carbonyl (C=O) groups is 1. The minimum Gasteiger partial charge on any atom is -0.484 e. The Labute approximate surface area is 114 Å². The molecule has 1 saturated heterocycles. The number of ether oxygens (including phenoxy) is 1. The molecule has 0 bridgehead atoms. The van der Waals surface area contributed by atoms with Crippen LogP contribution in [0.25, 0.3) is 0 Å². The molecule has 4 heteroatoms. The van der Waals surface area contributed by atoms with Crippen LogP contribution in [-0.2, 0) is 4.79 Å². The van der Waals surface area contributed by atoms with E-state index in [2.05, 4.69) is 19.2 Å². The highest BCUT2D eigenvalue weighted by Crippen LogP contribution is 2.16. The Morgan fingerprint density at radius 3 is 2.89 bits per heavy atom. The van der Waals surface area contributed by atoms with Gasteiger partial charge in [0.25, 0.3) is 5.91 Å². The summed E-state index contributed by atoms with van der Waals surface area (Å²) >= 11 is 0. The van der Waals surface area contributed by atoms with Gasteiger partial charge in [-0.3, -0.25) is 4.79 Å². The molecule has 0 aromatic heterocycles. The van der Waals surface area contributed by atoms with E-state index in [4.69, 9.17) is 4.74 Å². The quantitative estimate of drug-likeness (QED) is 0.897. The maximum atomic E-state index is 12.1. The largest absolute Gasteiger partial charge is 0.484 e. The van der Waals surface area contributed by atoms with Crippen LogP contribution in [0, 0.1) is 13.8 Å². The van der Waals surface area contributed by atoms with E-state index in [0.29, 0.717) is 0 Å². The number of piperazine rings is 1. The fourth-order valence-corrected chi connectivity index (χ4v) is 2.24. The van der Waals surface area contributed by atoms with Gasteiger partial charge < -0.3 is 15.0 Å². The van der Waals surface area contributed by atoms with E-state index in [9.17, 15) is 4.79 Å². The smallest absolute Gasteiger partial charge is 0.260 e. The first-order valence-electron chi connectivity index (χ1n) is 6.78. The summed E-state index contributed by atoms with van der Waals surface area (Å²) in [7, 11) is 0. The van der Waals surface area contributed by atoms with Gasteiger partial charge >= 0.3 is 0 Å². The zero-order valence-electron chi connectivity index (χ0n) is 11.9. The van der Waals surface area contributed by atoms with Crippen LogP contribution in [0.3, 0.4) is 0 Å².